The molecule has 0 unspecified atom stereocenters. The number of benzene rings is 1. The van der Waals surface area contributed by atoms with E-state index in [0.29, 0.717) is 11.1 Å². The number of aromatic nitrogens is 1. The predicted molar refractivity (Wildman–Crippen MR) is 78.1 cm³/mol. The van der Waals surface area contributed by atoms with Gasteiger partial charge in [0.25, 0.3) is 11.7 Å². The molecule has 0 bridgehead atoms. The van der Waals surface area contributed by atoms with Crippen molar-refractivity contribution < 1.29 is 17.8 Å². The van der Waals surface area contributed by atoms with Crippen LogP contribution in [0.5, 0.6) is 0 Å². The highest BCUT2D eigenvalue weighted by Gasteiger charge is 2.30. The van der Waals surface area contributed by atoms with Gasteiger partial charge in [-0.1, -0.05) is 0 Å². The van der Waals surface area contributed by atoms with Crippen molar-refractivity contribution in [3.63, 3.8) is 0 Å². The Morgan fingerprint density at radius 3 is 2.67 bits per heavy atom. The molecule has 0 saturated carbocycles. The summed E-state index contributed by atoms with van der Waals surface area (Å²) in [5.74, 6) is 0. The first-order valence-electron chi connectivity index (χ1n) is 6.09. The molecular weight excluding hydrogens is 298 g/mol. The molecule has 114 valence electrons. The standard InChI is InChI=1S/C12H15N3O5S/c1-12(2,21(3,18)19)7-13-11-14-9-6-8(15(16)17)4-5-10(9)20-11/h4-6H,7H2,1-3H3,(H,13,14). The SMILES string of the molecule is CC(C)(CNc1nc2cc([N+](=O)[O-])ccc2o1)S(C)(=O)=O. The van der Waals surface area contributed by atoms with Crippen LogP contribution < -0.4 is 5.32 Å². The van der Waals surface area contributed by atoms with Gasteiger partial charge in [0.1, 0.15) is 5.52 Å². The van der Waals surface area contributed by atoms with Crippen LogP contribution in [0.3, 0.4) is 0 Å². The van der Waals surface area contributed by atoms with Crippen LogP contribution in [-0.4, -0.2) is 35.9 Å². The molecule has 0 aliphatic rings. The van der Waals surface area contributed by atoms with E-state index in [1.807, 2.05) is 0 Å². The average molecular weight is 313 g/mol. The molecule has 1 aromatic carbocycles. The molecule has 8 nitrogen and oxygen atoms in total. The van der Waals surface area contributed by atoms with Crippen LogP contribution in [0.25, 0.3) is 11.1 Å². The van der Waals surface area contributed by atoms with Crippen molar-refractivity contribution in [1.82, 2.24) is 4.98 Å². The third-order valence-corrected chi connectivity index (χ3v) is 5.40. The van der Waals surface area contributed by atoms with E-state index >= 15 is 0 Å². The highest BCUT2D eigenvalue weighted by Crippen LogP contribution is 2.24. The minimum Gasteiger partial charge on any atom is -0.424 e. The first kappa shape index (κ1) is 15.2. The second-order valence-electron chi connectivity index (χ2n) is 5.31. The number of non-ortho nitro benzene ring substituents is 1. The third kappa shape index (κ3) is 3.13. The highest BCUT2D eigenvalue weighted by atomic mass is 32.2. The van der Waals surface area contributed by atoms with Gasteiger partial charge in [0.2, 0.25) is 0 Å². The monoisotopic (exact) mass is 313 g/mol. The van der Waals surface area contributed by atoms with E-state index in [1.54, 1.807) is 13.8 Å². The maximum atomic E-state index is 11.6. The Morgan fingerprint density at radius 2 is 2.10 bits per heavy atom. The largest absolute Gasteiger partial charge is 0.424 e. The van der Waals surface area contributed by atoms with Crippen molar-refractivity contribution >= 4 is 32.6 Å². The van der Waals surface area contributed by atoms with Gasteiger partial charge < -0.3 is 9.73 Å². The van der Waals surface area contributed by atoms with Crippen molar-refractivity contribution in [2.45, 2.75) is 18.6 Å². The number of nitro benzene ring substituents is 1. The van der Waals surface area contributed by atoms with Crippen molar-refractivity contribution in [2.24, 2.45) is 0 Å². The number of fused-ring (bicyclic) bond motifs is 1. The van der Waals surface area contributed by atoms with E-state index in [1.165, 1.54) is 18.2 Å². The molecule has 0 atom stereocenters. The first-order valence-corrected chi connectivity index (χ1v) is 7.98. The van der Waals surface area contributed by atoms with Crippen molar-refractivity contribution in [3.8, 4) is 0 Å². The Morgan fingerprint density at radius 1 is 1.43 bits per heavy atom. The van der Waals surface area contributed by atoms with Crippen LogP contribution in [0.4, 0.5) is 11.7 Å². The zero-order chi connectivity index (χ0) is 15.8. The number of nitrogens with zero attached hydrogens (tertiary/aromatic N) is 2. The quantitative estimate of drug-likeness (QED) is 0.662. The number of nitrogens with one attached hydrogen (secondary N) is 1. The van der Waals surface area contributed by atoms with E-state index < -0.39 is 19.5 Å². The number of nitro groups is 1. The number of sulfone groups is 1. The van der Waals surface area contributed by atoms with Crippen LogP contribution in [0.15, 0.2) is 22.6 Å². The van der Waals surface area contributed by atoms with Crippen LogP contribution in [-0.2, 0) is 9.84 Å². The second-order valence-corrected chi connectivity index (χ2v) is 7.96. The Kier molecular flexibility index (Phi) is 3.62. The molecule has 1 N–H and O–H groups in total. The van der Waals surface area contributed by atoms with Crippen molar-refractivity contribution in [1.29, 1.82) is 0 Å². The molecule has 0 amide bonds. The molecule has 2 aromatic rings. The molecule has 1 heterocycles. The Balaban J connectivity index is 2.23. The van der Waals surface area contributed by atoms with E-state index in [-0.39, 0.29) is 18.2 Å². The van der Waals surface area contributed by atoms with Gasteiger partial charge in [-0.25, -0.2) is 8.42 Å². The predicted octanol–water partition coefficient (Wildman–Crippen LogP) is 1.97. The molecular formula is C12H15N3O5S. The molecule has 9 heteroatoms. The average Bonchev–Trinajstić information content (AvgIpc) is 2.76. The van der Waals surface area contributed by atoms with Gasteiger partial charge in [0.05, 0.1) is 9.67 Å². The summed E-state index contributed by atoms with van der Waals surface area (Å²) in [7, 11) is -3.24. The molecule has 2 rings (SSSR count). The molecule has 0 aliphatic carbocycles. The number of hydrogen-bond donors (Lipinski definition) is 1. The topological polar surface area (TPSA) is 115 Å². The maximum Gasteiger partial charge on any atom is 0.295 e. The fourth-order valence-electron chi connectivity index (χ4n) is 1.52. The Bertz CT molecular complexity index is 794. The summed E-state index contributed by atoms with van der Waals surface area (Å²) in [4.78, 5) is 14.2. The van der Waals surface area contributed by atoms with Crippen molar-refractivity contribution in [2.75, 3.05) is 18.1 Å². The molecule has 0 aliphatic heterocycles. The molecule has 21 heavy (non-hydrogen) atoms. The van der Waals surface area contributed by atoms with Gasteiger partial charge in [-0.3, -0.25) is 10.1 Å². The molecule has 1 aromatic heterocycles. The van der Waals surface area contributed by atoms with Crippen LogP contribution in [0.1, 0.15) is 13.8 Å². The summed E-state index contributed by atoms with van der Waals surface area (Å²) >= 11 is 0. The summed E-state index contributed by atoms with van der Waals surface area (Å²) in [6.07, 6.45) is 1.16. The number of rotatable bonds is 5. The van der Waals surface area contributed by atoms with E-state index in [9.17, 15) is 18.5 Å². The summed E-state index contributed by atoms with van der Waals surface area (Å²) < 4.78 is 27.6. The van der Waals surface area contributed by atoms with E-state index in [4.69, 9.17) is 4.42 Å². The Hall–Kier alpha value is -2.16. The third-order valence-electron chi connectivity index (χ3n) is 3.25. The smallest absolute Gasteiger partial charge is 0.295 e. The van der Waals surface area contributed by atoms with Gasteiger partial charge >= 0.3 is 0 Å². The fourth-order valence-corrected chi connectivity index (χ4v) is 1.86. The summed E-state index contributed by atoms with van der Waals surface area (Å²) in [6.45, 7) is 3.28. The normalized spacial score (nSPS) is 12.5. The molecule has 0 radical (unpaired) electrons. The number of oxazole rings is 1. The summed E-state index contributed by atoms with van der Waals surface area (Å²) in [6, 6.07) is 4.19. The van der Waals surface area contributed by atoms with E-state index in [2.05, 4.69) is 10.3 Å². The van der Waals surface area contributed by atoms with Gasteiger partial charge in [0, 0.05) is 24.9 Å². The molecule has 0 saturated heterocycles. The number of hydrogen-bond acceptors (Lipinski definition) is 7. The minimum atomic E-state index is -3.24. The Labute approximate surface area is 121 Å². The van der Waals surface area contributed by atoms with Gasteiger partial charge in [-0.05, 0) is 19.9 Å². The van der Waals surface area contributed by atoms with Crippen LogP contribution >= 0.6 is 0 Å². The lowest BCUT2D eigenvalue weighted by molar-refractivity contribution is -0.384. The van der Waals surface area contributed by atoms with Crippen LogP contribution in [0.2, 0.25) is 0 Å². The molecule has 0 fully saturated rings. The lowest BCUT2D eigenvalue weighted by atomic mass is 10.2. The zero-order valence-corrected chi connectivity index (χ0v) is 12.6. The lowest BCUT2D eigenvalue weighted by Crippen LogP contribution is -2.38. The first-order chi connectivity index (χ1) is 9.60. The lowest BCUT2D eigenvalue weighted by Gasteiger charge is -2.21. The number of anilines is 1. The summed E-state index contributed by atoms with van der Waals surface area (Å²) in [5.41, 5.74) is 0.642. The zero-order valence-electron chi connectivity index (χ0n) is 11.8. The second kappa shape index (κ2) is 4.99. The fraction of sp³-hybridized carbons (Fsp3) is 0.417. The molecule has 0 spiro atoms. The summed E-state index contributed by atoms with van der Waals surface area (Å²) in [5, 5.41) is 13.5. The van der Waals surface area contributed by atoms with Crippen molar-refractivity contribution in [3.05, 3.63) is 28.3 Å². The highest BCUT2D eigenvalue weighted by molar-refractivity contribution is 7.92. The van der Waals surface area contributed by atoms with Gasteiger partial charge in [-0.2, -0.15) is 4.98 Å². The van der Waals surface area contributed by atoms with Crippen LogP contribution in [0, 0.1) is 10.1 Å². The van der Waals surface area contributed by atoms with Gasteiger partial charge in [-0.15, -0.1) is 0 Å². The maximum absolute atomic E-state index is 11.6. The minimum absolute atomic E-state index is 0.0844. The van der Waals surface area contributed by atoms with E-state index in [0.717, 1.165) is 6.26 Å². The van der Waals surface area contributed by atoms with Gasteiger partial charge in [0.15, 0.2) is 15.4 Å².